The maximum atomic E-state index is 12.7. The fourth-order valence-corrected chi connectivity index (χ4v) is 4.67. The summed E-state index contributed by atoms with van der Waals surface area (Å²) in [6, 6.07) is 1.94. The van der Waals surface area contributed by atoms with E-state index in [1.165, 1.54) is 0 Å². The Morgan fingerprint density at radius 3 is 2.71 bits per heavy atom. The van der Waals surface area contributed by atoms with Crippen LogP contribution in [0.1, 0.15) is 45.7 Å². The van der Waals surface area contributed by atoms with Crippen molar-refractivity contribution in [2.24, 2.45) is 0 Å². The molecule has 1 fully saturated rings. The molecule has 1 N–H and O–H groups in total. The predicted molar refractivity (Wildman–Crippen MR) is 84.7 cm³/mol. The van der Waals surface area contributed by atoms with Crippen LogP contribution < -0.4 is 5.32 Å². The van der Waals surface area contributed by atoms with E-state index in [4.69, 9.17) is 0 Å². The smallest absolute Gasteiger partial charge is 0.244 e. The highest BCUT2D eigenvalue weighted by Gasteiger charge is 2.33. The number of nitrogens with one attached hydrogen (secondary N) is 1. The average Bonchev–Trinajstić information content (AvgIpc) is 3.05. The van der Waals surface area contributed by atoms with E-state index >= 15 is 0 Å². The minimum absolute atomic E-state index is 0.113. The van der Waals surface area contributed by atoms with Crippen LogP contribution in [0.25, 0.3) is 0 Å². The fourth-order valence-electron chi connectivity index (χ4n) is 2.90. The first-order valence-corrected chi connectivity index (χ1v) is 9.36. The van der Waals surface area contributed by atoms with Crippen LogP contribution in [0.2, 0.25) is 0 Å². The Labute approximate surface area is 128 Å². The molecule has 1 aromatic rings. The third kappa shape index (κ3) is 3.49. The molecule has 0 radical (unpaired) electrons. The lowest BCUT2D eigenvalue weighted by Gasteiger charge is -2.19. The zero-order valence-electron chi connectivity index (χ0n) is 13.3. The van der Waals surface area contributed by atoms with Gasteiger partial charge >= 0.3 is 0 Å². The highest BCUT2D eigenvalue weighted by atomic mass is 32.2. The zero-order chi connectivity index (χ0) is 15.5. The standard InChI is InChI=1S/C15H27N3O2S/c1-4-8-16-11-14-10-15(12-17(14)5-2)21(19,20)18-9-6-7-13(18)3/h10,12-13,16H,4-9,11H2,1-3H3. The van der Waals surface area contributed by atoms with Gasteiger partial charge < -0.3 is 9.88 Å². The topological polar surface area (TPSA) is 54.3 Å². The molecule has 1 aromatic heterocycles. The SMILES string of the molecule is CCCNCc1cc(S(=O)(=O)N2CCCC2C)cn1CC. The third-order valence-corrected chi connectivity index (χ3v) is 6.11. The third-order valence-electron chi connectivity index (χ3n) is 4.13. The largest absolute Gasteiger partial charge is 0.349 e. The first-order chi connectivity index (χ1) is 10.0. The zero-order valence-corrected chi connectivity index (χ0v) is 14.1. The van der Waals surface area contributed by atoms with E-state index in [1.54, 1.807) is 10.5 Å². The van der Waals surface area contributed by atoms with Crippen molar-refractivity contribution in [2.75, 3.05) is 13.1 Å². The van der Waals surface area contributed by atoms with Gasteiger partial charge in [-0.05, 0) is 45.7 Å². The summed E-state index contributed by atoms with van der Waals surface area (Å²) in [6.45, 7) is 9.24. The molecule has 0 saturated carbocycles. The van der Waals surface area contributed by atoms with Crippen molar-refractivity contribution in [3.63, 3.8) is 0 Å². The van der Waals surface area contributed by atoms with Gasteiger partial charge in [-0.2, -0.15) is 4.31 Å². The Kier molecular flexibility index (Phi) is 5.46. The van der Waals surface area contributed by atoms with E-state index in [0.717, 1.165) is 38.0 Å². The number of aromatic nitrogens is 1. The van der Waals surface area contributed by atoms with Gasteiger partial charge in [0.05, 0.1) is 0 Å². The van der Waals surface area contributed by atoms with Crippen LogP contribution in [0.5, 0.6) is 0 Å². The van der Waals surface area contributed by atoms with Gasteiger partial charge in [0.2, 0.25) is 10.0 Å². The maximum Gasteiger partial charge on any atom is 0.244 e. The van der Waals surface area contributed by atoms with Crippen LogP contribution >= 0.6 is 0 Å². The summed E-state index contributed by atoms with van der Waals surface area (Å²) in [6.07, 6.45) is 4.77. The van der Waals surface area contributed by atoms with Crippen LogP contribution in [0, 0.1) is 0 Å². The number of aryl methyl sites for hydroxylation is 1. The van der Waals surface area contributed by atoms with E-state index in [0.29, 0.717) is 18.0 Å². The van der Waals surface area contributed by atoms with Gasteiger partial charge in [0.1, 0.15) is 4.90 Å². The molecule has 21 heavy (non-hydrogen) atoms. The maximum absolute atomic E-state index is 12.7. The summed E-state index contributed by atoms with van der Waals surface area (Å²) in [5.74, 6) is 0. The molecule has 0 spiro atoms. The van der Waals surface area contributed by atoms with Crippen LogP contribution in [-0.4, -0.2) is 36.4 Å². The molecule has 2 heterocycles. The van der Waals surface area contributed by atoms with E-state index < -0.39 is 10.0 Å². The first kappa shape index (κ1) is 16.5. The second kappa shape index (κ2) is 6.94. The van der Waals surface area contributed by atoms with Crippen molar-refractivity contribution < 1.29 is 8.42 Å². The van der Waals surface area contributed by atoms with Gasteiger partial charge in [-0.25, -0.2) is 8.42 Å². The molecule has 6 heteroatoms. The molecule has 1 unspecified atom stereocenters. The van der Waals surface area contributed by atoms with Crippen LogP contribution in [0.15, 0.2) is 17.2 Å². The second-order valence-electron chi connectivity index (χ2n) is 5.74. The number of sulfonamides is 1. The Morgan fingerprint density at radius 1 is 1.38 bits per heavy atom. The molecule has 0 aromatic carbocycles. The van der Waals surface area contributed by atoms with Gasteiger partial charge in [-0.1, -0.05) is 6.92 Å². The highest BCUT2D eigenvalue weighted by molar-refractivity contribution is 7.89. The Morgan fingerprint density at radius 2 is 2.14 bits per heavy atom. The molecule has 2 rings (SSSR count). The molecule has 0 aliphatic carbocycles. The molecular formula is C15H27N3O2S. The number of nitrogens with zero attached hydrogens (tertiary/aromatic N) is 2. The van der Waals surface area contributed by atoms with Crippen molar-refractivity contribution in [1.82, 2.24) is 14.2 Å². The minimum Gasteiger partial charge on any atom is -0.349 e. The van der Waals surface area contributed by atoms with Crippen LogP contribution in [0.4, 0.5) is 0 Å². The normalized spacial score (nSPS) is 20.2. The predicted octanol–water partition coefficient (Wildman–Crippen LogP) is 2.18. The number of rotatable bonds is 7. The van der Waals surface area contributed by atoms with Gasteiger partial charge in [-0.3, -0.25) is 0 Å². The van der Waals surface area contributed by atoms with E-state index in [-0.39, 0.29) is 6.04 Å². The molecule has 0 amide bonds. The van der Waals surface area contributed by atoms with Crippen molar-refractivity contribution >= 4 is 10.0 Å². The summed E-state index contributed by atoms with van der Waals surface area (Å²) in [5, 5.41) is 3.34. The van der Waals surface area contributed by atoms with E-state index in [9.17, 15) is 8.42 Å². The van der Waals surface area contributed by atoms with Crippen molar-refractivity contribution in [3.05, 3.63) is 18.0 Å². The lowest BCUT2D eigenvalue weighted by atomic mass is 10.3. The lowest BCUT2D eigenvalue weighted by molar-refractivity contribution is 0.408. The summed E-state index contributed by atoms with van der Waals surface area (Å²) in [7, 11) is -3.35. The van der Waals surface area contributed by atoms with Gasteiger partial charge in [0.15, 0.2) is 0 Å². The molecule has 1 aliphatic rings. The monoisotopic (exact) mass is 313 g/mol. The minimum atomic E-state index is -3.35. The van der Waals surface area contributed by atoms with Crippen molar-refractivity contribution in [3.8, 4) is 0 Å². The van der Waals surface area contributed by atoms with Gasteiger partial charge in [0.25, 0.3) is 0 Å². The van der Waals surface area contributed by atoms with E-state index in [2.05, 4.69) is 12.2 Å². The fraction of sp³-hybridized carbons (Fsp3) is 0.733. The van der Waals surface area contributed by atoms with Crippen molar-refractivity contribution in [2.45, 2.75) is 64.1 Å². The highest BCUT2D eigenvalue weighted by Crippen LogP contribution is 2.26. The number of hydrogen-bond acceptors (Lipinski definition) is 3. The summed E-state index contributed by atoms with van der Waals surface area (Å²) >= 11 is 0. The van der Waals surface area contributed by atoms with Crippen LogP contribution in [-0.2, 0) is 23.1 Å². The molecular weight excluding hydrogens is 286 g/mol. The van der Waals surface area contributed by atoms with E-state index in [1.807, 2.05) is 24.5 Å². The molecule has 5 nitrogen and oxygen atoms in total. The molecule has 0 bridgehead atoms. The van der Waals surface area contributed by atoms with Crippen LogP contribution in [0.3, 0.4) is 0 Å². The summed E-state index contributed by atoms with van der Waals surface area (Å²) in [5.41, 5.74) is 1.04. The Hall–Kier alpha value is -0.850. The summed E-state index contributed by atoms with van der Waals surface area (Å²) < 4.78 is 29.2. The molecule has 120 valence electrons. The van der Waals surface area contributed by atoms with Crippen molar-refractivity contribution in [1.29, 1.82) is 0 Å². The molecule has 1 saturated heterocycles. The van der Waals surface area contributed by atoms with Gasteiger partial charge in [0, 0.05) is 37.6 Å². The Balaban J connectivity index is 2.23. The second-order valence-corrected chi connectivity index (χ2v) is 7.63. The quantitative estimate of drug-likeness (QED) is 0.785. The first-order valence-electron chi connectivity index (χ1n) is 7.92. The lowest BCUT2D eigenvalue weighted by Crippen LogP contribution is -2.33. The molecule has 1 aliphatic heterocycles. The van der Waals surface area contributed by atoms with Gasteiger partial charge in [-0.15, -0.1) is 0 Å². The molecule has 1 atom stereocenters. The average molecular weight is 313 g/mol. The Bertz CT molecular complexity index is 565. The summed E-state index contributed by atoms with van der Waals surface area (Å²) in [4.78, 5) is 0.436. The number of hydrogen-bond donors (Lipinski definition) is 1.